The largest absolute Gasteiger partial charge is 0.314 e. The normalized spacial score (nSPS) is 25.0. The van der Waals surface area contributed by atoms with Crippen LogP contribution in [0.1, 0.15) is 273 Å². The number of benzene rings is 1. The molecular weight excluding hydrogens is 763 g/mol. The molecule has 1 aromatic rings. The molecule has 0 radical (unpaired) electrons. The van der Waals surface area contributed by atoms with Crippen LogP contribution in [0, 0.1) is 23.7 Å². The second kappa shape index (κ2) is 21.2. The Balaban J connectivity index is 1.56. The predicted molar refractivity (Wildman–Crippen MR) is 280 cm³/mol. The van der Waals surface area contributed by atoms with Crippen LogP contribution in [0.25, 0.3) is 5.57 Å². The predicted octanol–water partition coefficient (Wildman–Crippen LogP) is 19.2. The second-order valence-corrected chi connectivity index (χ2v) is 30.5. The number of hydrogen-bond acceptors (Lipinski definition) is 1. The topological polar surface area (TPSA) is 3.24 Å². The molecule has 62 heavy (non-hydrogen) atoms. The molecule has 0 heterocycles. The second-order valence-electron chi connectivity index (χ2n) is 26.0. The van der Waals surface area contributed by atoms with Crippen molar-refractivity contribution in [1.29, 1.82) is 0 Å². The smallest absolute Gasteiger partial charge is 0.127 e. The fraction of sp³-hybridized carbons (Fsp3) is 0.833. The van der Waals surface area contributed by atoms with Gasteiger partial charge in [0.1, 0.15) is 8.24 Å². The minimum atomic E-state index is -1.95. The number of hydrogen-bond donors (Lipinski definition) is 0. The fourth-order valence-corrected chi connectivity index (χ4v) is 21.8. The zero-order valence-electron chi connectivity index (χ0n) is 44.6. The minimum Gasteiger partial charge on any atom is -0.314 e. The van der Waals surface area contributed by atoms with Gasteiger partial charge in [-0.05, 0) is 141 Å². The Kier molecular flexibility index (Phi) is 17.8. The van der Waals surface area contributed by atoms with Gasteiger partial charge in [0.15, 0.2) is 0 Å². The zero-order valence-corrected chi connectivity index (χ0v) is 45.6. The van der Waals surface area contributed by atoms with E-state index in [1.807, 2.05) is 0 Å². The summed E-state index contributed by atoms with van der Waals surface area (Å²) in [6, 6.07) is 5.69. The molecule has 0 bridgehead atoms. The van der Waals surface area contributed by atoms with Crippen LogP contribution < -0.4 is 0 Å². The third-order valence-electron chi connectivity index (χ3n) is 17.8. The van der Waals surface area contributed by atoms with Gasteiger partial charge >= 0.3 is 0 Å². The molecule has 4 aliphatic rings. The Bertz CT molecular complexity index is 1600. The average molecular weight is 869 g/mol. The van der Waals surface area contributed by atoms with Gasteiger partial charge in [-0.3, -0.25) is 0 Å². The maximum Gasteiger partial charge on any atom is 0.127 e. The van der Waals surface area contributed by atoms with E-state index in [9.17, 15) is 0 Å². The van der Waals surface area contributed by atoms with Crippen LogP contribution in [0.5, 0.6) is 0 Å². The number of nitrogens with zero attached hydrogens (tertiary/aromatic N) is 1. The summed E-state index contributed by atoms with van der Waals surface area (Å²) < 4.78 is 3.05. The molecule has 1 nitrogen and oxygen atoms in total. The van der Waals surface area contributed by atoms with Crippen LogP contribution >= 0.6 is 0 Å². The first kappa shape index (κ1) is 51.9. The molecule has 354 valence electrons. The van der Waals surface area contributed by atoms with Gasteiger partial charge in [-0.2, -0.15) is 0 Å². The lowest BCUT2D eigenvalue weighted by molar-refractivity contribution is 0.121. The summed E-state index contributed by atoms with van der Waals surface area (Å²) in [4.78, 5) is 0. The summed E-state index contributed by atoms with van der Waals surface area (Å²) in [7, 11) is -1.95. The van der Waals surface area contributed by atoms with Crippen molar-refractivity contribution in [2.45, 2.75) is 297 Å². The lowest BCUT2D eigenvalue weighted by atomic mass is 9.61. The summed E-state index contributed by atoms with van der Waals surface area (Å²) in [6.45, 7) is 40.8. The Labute approximate surface area is 389 Å². The molecule has 1 aromatic carbocycles. The standard InChI is InChI=1S/C60H105NSi/c1-17-19-21-23-25-27-29-31-33-35-37-60(38-36-34-32-30-28-26-24-22-20-18-2)51-42-47-45(3)46(4)55(62(15,16)61(56(5,6)7)57(8,9)10)50(47)41-48(51)49-43-53-54(44-52(49)60)59(13,14)40-39-58(53,11)12/h41-47,50,55H,17-40H2,1-16H3. The van der Waals surface area contributed by atoms with Crippen molar-refractivity contribution in [3.05, 3.63) is 52.1 Å². The number of unbranched alkanes of at least 4 members (excludes halogenated alkanes) is 18. The van der Waals surface area contributed by atoms with Gasteiger partial charge < -0.3 is 4.57 Å². The van der Waals surface area contributed by atoms with Crippen molar-refractivity contribution in [3.63, 3.8) is 0 Å². The summed E-state index contributed by atoms with van der Waals surface area (Å²) in [5.74, 6) is 2.67. The third-order valence-corrected chi connectivity index (χ3v) is 22.9. The molecule has 4 aliphatic carbocycles. The molecule has 5 unspecified atom stereocenters. The van der Waals surface area contributed by atoms with Crippen LogP contribution in [0.2, 0.25) is 18.6 Å². The Morgan fingerprint density at radius 3 is 1.35 bits per heavy atom. The Morgan fingerprint density at radius 2 is 0.935 bits per heavy atom. The number of rotatable bonds is 24. The molecule has 0 aromatic heterocycles. The first-order valence-electron chi connectivity index (χ1n) is 27.5. The van der Waals surface area contributed by atoms with Gasteiger partial charge in [0, 0.05) is 16.5 Å². The summed E-state index contributed by atoms with van der Waals surface area (Å²) >= 11 is 0. The van der Waals surface area contributed by atoms with Crippen molar-refractivity contribution in [2.75, 3.05) is 0 Å². The van der Waals surface area contributed by atoms with Crippen molar-refractivity contribution in [3.8, 4) is 0 Å². The van der Waals surface area contributed by atoms with E-state index in [4.69, 9.17) is 0 Å². The molecule has 2 heteroatoms. The summed E-state index contributed by atoms with van der Waals surface area (Å²) in [5.41, 5.74) is 11.8. The Hall–Kier alpha value is -1.12. The summed E-state index contributed by atoms with van der Waals surface area (Å²) in [6.07, 6.45) is 39.5. The number of fused-ring (bicyclic) bond motifs is 5. The van der Waals surface area contributed by atoms with Crippen LogP contribution in [0.4, 0.5) is 0 Å². The maximum atomic E-state index is 3.05. The maximum absolute atomic E-state index is 3.05. The highest BCUT2D eigenvalue weighted by Crippen LogP contribution is 2.65. The van der Waals surface area contributed by atoms with E-state index < -0.39 is 8.24 Å². The van der Waals surface area contributed by atoms with Crippen molar-refractivity contribution in [1.82, 2.24) is 4.57 Å². The lowest BCUT2D eigenvalue weighted by Gasteiger charge is -2.57. The first-order valence-corrected chi connectivity index (χ1v) is 30.5. The highest BCUT2D eigenvalue weighted by molar-refractivity contribution is 6.76. The van der Waals surface area contributed by atoms with Crippen molar-refractivity contribution < 1.29 is 0 Å². The molecule has 0 N–H and O–H groups in total. The van der Waals surface area contributed by atoms with Crippen LogP contribution in [-0.2, 0) is 16.2 Å². The molecule has 0 aliphatic heterocycles. The highest BCUT2D eigenvalue weighted by atomic mass is 28.3. The fourth-order valence-electron chi connectivity index (χ4n) is 15.2. The molecule has 5 rings (SSSR count). The zero-order chi connectivity index (χ0) is 45.7. The first-order chi connectivity index (χ1) is 29.1. The van der Waals surface area contributed by atoms with Gasteiger partial charge in [-0.15, -0.1) is 0 Å². The van der Waals surface area contributed by atoms with E-state index in [1.165, 1.54) is 154 Å². The Morgan fingerprint density at radius 1 is 0.532 bits per heavy atom. The SMILES string of the molecule is CCCCCCCCCCCCC1(CCCCCCCCCCCC)C2=CC3C(C)C(C)C([Si](C)(C)N(C(C)(C)C)C(C)(C)C)C3C=C2c2cc3c(cc21)C(C)(C)CCC3(C)C. The molecule has 5 atom stereocenters. The van der Waals surface area contributed by atoms with E-state index in [1.54, 1.807) is 33.4 Å². The lowest BCUT2D eigenvalue weighted by Crippen LogP contribution is -2.67. The van der Waals surface area contributed by atoms with Crippen LogP contribution in [0.15, 0.2) is 29.9 Å². The average Bonchev–Trinajstić information content (AvgIpc) is 3.58. The van der Waals surface area contributed by atoms with Crippen LogP contribution in [0.3, 0.4) is 0 Å². The van der Waals surface area contributed by atoms with Gasteiger partial charge in [0.2, 0.25) is 0 Å². The van der Waals surface area contributed by atoms with E-state index in [-0.39, 0.29) is 27.3 Å². The molecule has 0 spiro atoms. The monoisotopic (exact) mass is 868 g/mol. The van der Waals surface area contributed by atoms with E-state index >= 15 is 0 Å². The van der Waals surface area contributed by atoms with Crippen LogP contribution in [-0.4, -0.2) is 23.9 Å². The van der Waals surface area contributed by atoms with E-state index in [2.05, 4.69) is 139 Å². The third kappa shape index (κ3) is 11.3. The van der Waals surface area contributed by atoms with Gasteiger partial charge in [-0.25, -0.2) is 0 Å². The molecule has 0 amide bonds. The highest BCUT2D eigenvalue weighted by Gasteiger charge is 2.59. The van der Waals surface area contributed by atoms with Gasteiger partial charge in [0.05, 0.1) is 0 Å². The van der Waals surface area contributed by atoms with E-state index in [0.717, 1.165) is 5.54 Å². The van der Waals surface area contributed by atoms with E-state index in [0.29, 0.717) is 23.7 Å². The van der Waals surface area contributed by atoms with Crippen molar-refractivity contribution in [2.24, 2.45) is 23.7 Å². The molecular formula is C60H105NSi. The van der Waals surface area contributed by atoms with Gasteiger partial charge in [-0.1, -0.05) is 221 Å². The number of allylic oxidation sites excluding steroid dienone is 4. The minimum absolute atomic E-state index is 0.133. The molecule has 1 saturated carbocycles. The quantitative estimate of drug-likeness (QED) is 0.0739. The molecule has 1 fully saturated rings. The van der Waals surface area contributed by atoms with Crippen molar-refractivity contribution >= 4 is 13.8 Å². The van der Waals surface area contributed by atoms with Gasteiger partial charge in [0.25, 0.3) is 0 Å². The molecule has 0 saturated heterocycles. The summed E-state index contributed by atoms with van der Waals surface area (Å²) in [5, 5.41) is 0.